The highest BCUT2D eigenvalue weighted by atomic mass is 19.1. The van der Waals surface area contributed by atoms with Crippen LogP contribution in [0.2, 0.25) is 0 Å². The van der Waals surface area contributed by atoms with Gasteiger partial charge in [-0.2, -0.15) is 0 Å². The predicted octanol–water partition coefficient (Wildman–Crippen LogP) is 4.62. The van der Waals surface area contributed by atoms with Crippen molar-refractivity contribution < 1.29 is 4.39 Å². The summed E-state index contributed by atoms with van der Waals surface area (Å²) in [6.07, 6.45) is 5.93. The maximum Gasteiger partial charge on any atom is 0.123 e. The fraction of sp³-hybridized carbons (Fsp3) is 0.647. The first-order valence-electron chi connectivity index (χ1n) is 7.60. The van der Waals surface area contributed by atoms with Gasteiger partial charge in [0.2, 0.25) is 0 Å². The van der Waals surface area contributed by atoms with Crippen molar-refractivity contribution in [2.75, 3.05) is 0 Å². The molecule has 0 spiro atoms. The molecule has 1 aromatic rings. The molecule has 0 amide bonds. The highest BCUT2D eigenvalue weighted by Gasteiger charge is 2.23. The van der Waals surface area contributed by atoms with Crippen LogP contribution in [0, 0.1) is 11.7 Å². The van der Waals surface area contributed by atoms with Crippen LogP contribution in [0.25, 0.3) is 0 Å². The van der Waals surface area contributed by atoms with Gasteiger partial charge in [0, 0.05) is 12.1 Å². The van der Waals surface area contributed by atoms with Crippen molar-refractivity contribution in [3.63, 3.8) is 0 Å². The SMILES string of the molecule is CC(C)CCCC(C)NC1CCc2cc(F)ccc21. The Morgan fingerprint density at radius 2 is 2.05 bits per heavy atom. The van der Waals surface area contributed by atoms with Crippen LogP contribution >= 0.6 is 0 Å². The first-order chi connectivity index (χ1) is 9.06. The molecule has 0 aliphatic heterocycles. The molecule has 0 saturated heterocycles. The number of rotatable bonds is 6. The van der Waals surface area contributed by atoms with Gasteiger partial charge in [-0.15, -0.1) is 0 Å². The van der Waals surface area contributed by atoms with E-state index in [1.807, 2.05) is 6.07 Å². The molecule has 2 rings (SSSR count). The molecule has 1 aromatic carbocycles. The molecule has 2 atom stereocenters. The van der Waals surface area contributed by atoms with E-state index in [0.717, 1.165) is 18.8 Å². The molecule has 106 valence electrons. The predicted molar refractivity (Wildman–Crippen MR) is 78.7 cm³/mol. The number of hydrogen-bond acceptors (Lipinski definition) is 1. The average molecular weight is 263 g/mol. The van der Waals surface area contributed by atoms with Crippen molar-refractivity contribution >= 4 is 0 Å². The van der Waals surface area contributed by atoms with Gasteiger partial charge in [0.05, 0.1) is 0 Å². The normalized spacial score (nSPS) is 19.7. The summed E-state index contributed by atoms with van der Waals surface area (Å²) in [6.45, 7) is 6.82. The van der Waals surface area contributed by atoms with Crippen LogP contribution < -0.4 is 5.32 Å². The number of fused-ring (bicyclic) bond motifs is 1. The third-order valence-corrected chi connectivity index (χ3v) is 4.09. The second kappa shape index (κ2) is 6.51. The van der Waals surface area contributed by atoms with Crippen LogP contribution in [0.15, 0.2) is 18.2 Å². The van der Waals surface area contributed by atoms with Gasteiger partial charge < -0.3 is 5.32 Å². The van der Waals surface area contributed by atoms with Crippen LogP contribution in [0.4, 0.5) is 4.39 Å². The summed E-state index contributed by atoms with van der Waals surface area (Å²) in [7, 11) is 0. The largest absolute Gasteiger partial charge is 0.307 e. The summed E-state index contributed by atoms with van der Waals surface area (Å²) < 4.78 is 13.2. The fourth-order valence-electron chi connectivity index (χ4n) is 3.02. The smallest absolute Gasteiger partial charge is 0.123 e. The first-order valence-corrected chi connectivity index (χ1v) is 7.60. The zero-order valence-corrected chi connectivity index (χ0v) is 12.4. The van der Waals surface area contributed by atoms with Crippen molar-refractivity contribution in [3.05, 3.63) is 35.1 Å². The maximum absolute atomic E-state index is 13.2. The van der Waals surface area contributed by atoms with E-state index in [0.29, 0.717) is 12.1 Å². The molecule has 2 heteroatoms. The second-order valence-electron chi connectivity index (χ2n) is 6.33. The van der Waals surface area contributed by atoms with E-state index >= 15 is 0 Å². The van der Waals surface area contributed by atoms with Gasteiger partial charge in [-0.25, -0.2) is 4.39 Å². The van der Waals surface area contributed by atoms with E-state index in [4.69, 9.17) is 0 Å². The van der Waals surface area contributed by atoms with E-state index in [2.05, 4.69) is 26.1 Å². The minimum absolute atomic E-state index is 0.107. The molecule has 19 heavy (non-hydrogen) atoms. The quantitative estimate of drug-likeness (QED) is 0.790. The molecule has 0 aromatic heterocycles. The average Bonchev–Trinajstić information content (AvgIpc) is 2.71. The number of benzene rings is 1. The monoisotopic (exact) mass is 263 g/mol. The standard InChI is InChI=1S/C17H26FN/c1-12(2)5-4-6-13(3)19-17-10-7-14-11-15(18)8-9-16(14)17/h8-9,11-13,17,19H,4-7,10H2,1-3H3. The Balaban J connectivity index is 1.85. The Labute approximate surface area is 116 Å². The Hall–Kier alpha value is -0.890. The van der Waals surface area contributed by atoms with E-state index in [-0.39, 0.29) is 5.82 Å². The van der Waals surface area contributed by atoms with Crippen LogP contribution in [-0.4, -0.2) is 6.04 Å². The summed E-state index contributed by atoms with van der Waals surface area (Å²) in [5, 5.41) is 3.71. The highest BCUT2D eigenvalue weighted by molar-refractivity contribution is 5.35. The van der Waals surface area contributed by atoms with Crippen molar-refractivity contribution in [2.24, 2.45) is 5.92 Å². The van der Waals surface area contributed by atoms with Gasteiger partial charge in [0.1, 0.15) is 5.82 Å². The van der Waals surface area contributed by atoms with Gasteiger partial charge in [0.25, 0.3) is 0 Å². The summed E-state index contributed by atoms with van der Waals surface area (Å²) in [5.74, 6) is 0.687. The van der Waals surface area contributed by atoms with Gasteiger partial charge in [-0.1, -0.05) is 32.8 Å². The molecule has 1 aliphatic carbocycles. The van der Waals surface area contributed by atoms with E-state index < -0.39 is 0 Å². The molecule has 0 saturated carbocycles. The number of aryl methyl sites for hydroxylation is 1. The number of halogens is 1. The van der Waals surface area contributed by atoms with Crippen molar-refractivity contribution in [1.82, 2.24) is 5.32 Å². The van der Waals surface area contributed by atoms with Crippen LogP contribution in [-0.2, 0) is 6.42 Å². The lowest BCUT2D eigenvalue weighted by Crippen LogP contribution is -2.29. The lowest BCUT2D eigenvalue weighted by molar-refractivity contribution is 0.409. The summed E-state index contributed by atoms with van der Waals surface area (Å²) in [5.41, 5.74) is 2.49. The first kappa shape index (κ1) is 14.5. The van der Waals surface area contributed by atoms with E-state index in [1.54, 1.807) is 12.1 Å². The third-order valence-electron chi connectivity index (χ3n) is 4.09. The van der Waals surface area contributed by atoms with Crippen LogP contribution in [0.5, 0.6) is 0 Å². The molecular weight excluding hydrogens is 237 g/mol. The lowest BCUT2D eigenvalue weighted by atomic mass is 10.0. The third kappa shape index (κ3) is 4.04. The summed E-state index contributed by atoms with van der Waals surface area (Å²) in [4.78, 5) is 0. The minimum Gasteiger partial charge on any atom is -0.307 e. The molecule has 0 radical (unpaired) electrons. The summed E-state index contributed by atoms with van der Waals surface area (Å²) >= 11 is 0. The minimum atomic E-state index is -0.107. The van der Waals surface area contributed by atoms with Gasteiger partial charge in [0.15, 0.2) is 0 Å². The molecular formula is C17H26FN. The van der Waals surface area contributed by atoms with Crippen molar-refractivity contribution in [3.8, 4) is 0 Å². The molecule has 0 heterocycles. The van der Waals surface area contributed by atoms with E-state index in [1.165, 1.54) is 30.4 Å². The highest BCUT2D eigenvalue weighted by Crippen LogP contribution is 2.32. The molecule has 0 bridgehead atoms. The van der Waals surface area contributed by atoms with Gasteiger partial charge >= 0.3 is 0 Å². The molecule has 2 unspecified atom stereocenters. The number of hydrogen-bond donors (Lipinski definition) is 1. The Morgan fingerprint density at radius 1 is 1.26 bits per heavy atom. The van der Waals surface area contributed by atoms with Crippen molar-refractivity contribution in [2.45, 2.75) is 65.0 Å². The molecule has 1 aliphatic rings. The zero-order chi connectivity index (χ0) is 13.8. The Bertz CT molecular complexity index is 414. The summed E-state index contributed by atoms with van der Waals surface area (Å²) in [6, 6.07) is 6.20. The second-order valence-corrected chi connectivity index (χ2v) is 6.33. The van der Waals surface area contributed by atoms with Crippen LogP contribution in [0.3, 0.4) is 0 Å². The number of nitrogens with one attached hydrogen (secondary N) is 1. The molecule has 1 N–H and O–H groups in total. The zero-order valence-electron chi connectivity index (χ0n) is 12.4. The Morgan fingerprint density at radius 3 is 2.79 bits per heavy atom. The Kier molecular flexibility index (Phi) is 4.98. The molecule has 0 fully saturated rings. The van der Waals surface area contributed by atoms with Gasteiger partial charge in [-0.05, 0) is 55.4 Å². The maximum atomic E-state index is 13.2. The topological polar surface area (TPSA) is 12.0 Å². The van der Waals surface area contributed by atoms with E-state index in [9.17, 15) is 4.39 Å². The van der Waals surface area contributed by atoms with Crippen LogP contribution in [0.1, 0.15) is 63.6 Å². The lowest BCUT2D eigenvalue weighted by Gasteiger charge is -2.20. The van der Waals surface area contributed by atoms with Crippen molar-refractivity contribution in [1.29, 1.82) is 0 Å². The van der Waals surface area contributed by atoms with Gasteiger partial charge in [-0.3, -0.25) is 0 Å². The molecule has 1 nitrogen and oxygen atoms in total. The fourth-order valence-corrected chi connectivity index (χ4v) is 3.02.